The molecular formula is C40H76O4. The molecule has 0 rings (SSSR count). The first-order valence-corrected chi connectivity index (χ1v) is 19.1. The van der Waals surface area contributed by atoms with Crippen LogP contribution in [-0.2, 0) is 19.1 Å². The maximum Gasteiger partial charge on any atom is 0.305 e. The second kappa shape index (κ2) is 41.4. The van der Waals surface area contributed by atoms with E-state index in [4.69, 9.17) is 4.74 Å². The van der Waals surface area contributed by atoms with Crippen molar-refractivity contribution in [3.05, 3.63) is 24.3 Å². The van der Waals surface area contributed by atoms with Crippen LogP contribution in [0.3, 0.4) is 0 Å². The van der Waals surface area contributed by atoms with Crippen molar-refractivity contribution in [1.82, 2.24) is 0 Å². The summed E-state index contributed by atoms with van der Waals surface area (Å²) in [7, 11) is 1.46. The molecule has 0 aliphatic heterocycles. The molecule has 0 fully saturated rings. The molecule has 0 aliphatic carbocycles. The second-order valence-electron chi connectivity index (χ2n) is 12.5. The summed E-state index contributed by atoms with van der Waals surface area (Å²) in [5.74, 6) is -0.0999. The van der Waals surface area contributed by atoms with Gasteiger partial charge >= 0.3 is 11.9 Å². The predicted octanol–water partition coefficient (Wildman–Crippen LogP) is 13.2. The van der Waals surface area contributed by atoms with Gasteiger partial charge in [0, 0.05) is 12.8 Å². The van der Waals surface area contributed by atoms with Crippen LogP contribution in [0.25, 0.3) is 0 Å². The van der Waals surface area contributed by atoms with Gasteiger partial charge in [-0.3, -0.25) is 9.59 Å². The van der Waals surface area contributed by atoms with Crippen LogP contribution in [0, 0.1) is 0 Å². The van der Waals surface area contributed by atoms with E-state index in [-0.39, 0.29) is 11.9 Å². The predicted molar refractivity (Wildman–Crippen MR) is 192 cm³/mol. The fourth-order valence-electron chi connectivity index (χ4n) is 5.07. The lowest BCUT2D eigenvalue weighted by molar-refractivity contribution is -0.144. The molecular weight excluding hydrogens is 544 g/mol. The summed E-state index contributed by atoms with van der Waals surface area (Å²) in [6.45, 7) is 7.13. The first-order chi connectivity index (χ1) is 21.6. The zero-order chi connectivity index (χ0) is 32.6. The van der Waals surface area contributed by atoms with Crippen molar-refractivity contribution in [2.45, 2.75) is 207 Å². The average molecular weight is 621 g/mol. The van der Waals surface area contributed by atoms with Crippen molar-refractivity contribution in [2.24, 2.45) is 0 Å². The fourth-order valence-corrected chi connectivity index (χ4v) is 5.07. The van der Waals surface area contributed by atoms with Crippen LogP contribution in [0.5, 0.6) is 0 Å². The first-order valence-electron chi connectivity index (χ1n) is 19.1. The lowest BCUT2D eigenvalue weighted by Gasteiger charge is -2.03. The van der Waals surface area contributed by atoms with Gasteiger partial charge in [-0.25, -0.2) is 0 Å². The Morgan fingerprint density at radius 3 is 1.07 bits per heavy atom. The SMILES string of the molecule is CCCCCCCCC=CCCCCCCCC(=O)OC.CCCCCCCCC=CCCCCCCCC(=O)OCCC. The molecule has 0 unspecified atom stereocenters. The summed E-state index contributed by atoms with van der Waals surface area (Å²) in [6.07, 6.45) is 44.9. The van der Waals surface area contributed by atoms with Crippen LogP contribution in [0.15, 0.2) is 24.3 Å². The maximum absolute atomic E-state index is 11.3. The molecule has 4 nitrogen and oxygen atoms in total. The van der Waals surface area contributed by atoms with Gasteiger partial charge in [0.25, 0.3) is 0 Å². The largest absolute Gasteiger partial charge is 0.469 e. The van der Waals surface area contributed by atoms with E-state index in [2.05, 4.69) is 42.9 Å². The molecule has 260 valence electrons. The Kier molecular flexibility index (Phi) is 41.9. The van der Waals surface area contributed by atoms with E-state index in [1.165, 1.54) is 148 Å². The highest BCUT2D eigenvalue weighted by atomic mass is 16.5. The number of rotatable bonds is 32. The highest BCUT2D eigenvalue weighted by molar-refractivity contribution is 5.69. The van der Waals surface area contributed by atoms with Gasteiger partial charge < -0.3 is 9.47 Å². The van der Waals surface area contributed by atoms with Crippen molar-refractivity contribution < 1.29 is 19.1 Å². The Balaban J connectivity index is 0. The van der Waals surface area contributed by atoms with E-state index < -0.39 is 0 Å². The second-order valence-corrected chi connectivity index (χ2v) is 12.5. The molecule has 0 N–H and O–H groups in total. The highest BCUT2D eigenvalue weighted by Gasteiger charge is 2.01. The molecule has 0 bridgehead atoms. The Morgan fingerprint density at radius 1 is 0.409 bits per heavy atom. The average Bonchev–Trinajstić information content (AvgIpc) is 3.03. The van der Waals surface area contributed by atoms with Crippen LogP contribution in [0.4, 0.5) is 0 Å². The van der Waals surface area contributed by atoms with Gasteiger partial charge in [0.05, 0.1) is 13.7 Å². The number of ether oxygens (including phenoxy) is 2. The van der Waals surface area contributed by atoms with Crippen LogP contribution in [-0.4, -0.2) is 25.7 Å². The highest BCUT2D eigenvalue weighted by Crippen LogP contribution is 2.12. The number of unbranched alkanes of at least 4 members (excludes halogenated alkanes) is 22. The summed E-state index contributed by atoms with van der Waals surface area (Å²) in [6, 6.07) is 0. The van der Waals surface area contributed by atoms with Crippen LogP contribution in [0.2, 0.25) is 0 Å². The Bertz CT molecular complexity index is 625. The molecule has 0 aromatic heterocycles. The molecule has 0 heterocycles. The number of hydrogen-bond donors (Lipinski definition) is 0. The summed E-state index contributed by atoms with van der Waals surface area (Å²) in [4.78, 5) is 22.2. The Morgan fingerprint density at radius 2 is 0.727 bits per heavy atom. The third kappa shape index (κ3) is 42.6. The molecule has 0 aromatic carbocycles. The number of methoxy groups -OCH3 is 1. The zero-order valence-corrected chi connectivity index (χ0v) is 30.2. The molecule has 0 amide bonds. The number of esters is 2. The van der Waals surface area contributed by atoms with Gasteiger partial charge in [0.1, 0.15) is 0 Å². The molecule has 0 spiro atoms. The minimum Gasteiger partial charge on any atom is -0.469 e. The standard InChI is InChI=1S/C21H40O2.C19H36O2/c1-3-5-6-7-8-9-10-11-12-13-14-15-16-17-18-19-21(22)23-20-4-2;1-3-4-5-6-7-8-9-10-11-12-13-14-15-16-17-18-19(20)21-2/h11-12H,3-10,13-20H2,1-2H3;10-11H,3-9,12-18H2,1-2H3. The minimum absolute atomic E-state index is 0.0236. The smallest absolute Gasteiger partial charge is 0.305 e. The molecule has 44 heavy (non-hydrogen) atoms. The topological polar surface area (TPSA) is 52.6 Å². The molecule has 4 heteroatoms. The lowest BCUT2D eigenvalue weighted by atomic mass is 10.1. The molecule has 0 saturated carbocycles. The fraction of sp³-hybridized carbons (Fsp3) is 0.850. The number of carbonyl (C=O) groups excluding carboxylic acids is 2. The van der Waals surface area contributed by atoms with Gasteiger partial charge in [-0.2, -0.15) is 0 Å². The van der Waals surface area contributed by atoms with Crippen LogP contribution >= 0.6 is 0 Å². The van der Waals surface area contributed by atoms with E-state index in [1.54, 1.807) is 0 Å². The van der Waals surface area contributed by atoms with Crippen molar-refractivity contribution in [1.29, 1.82) is 0 Å². The van der Waals surface area contributed by atoms with Crippen molar-refractivity contribution in [2.75, 3.05) is 13.7 Å². The van der Waals surface area contributed by atoms with Crippen molar-refractivity contribution in [3.63, 3.8) is 0 Å². The van der Waals surface area contributed by atoms with E-state index in [0.29, 0.717) is 19.4 Å². The Labute approximate surface area is 275 Å². The maximum atomic E-state index is 11.3. The molecule has 0 atom stereocenters. The lowest BCUT2D eigenvalue weighted by Crippen LogP contribution is -2.04. The van der Waals surface area contributed by atoms with E-state index in [9.17, 15) is 9.59 Å². The van der Waals surface area contributed by atoms with Gasteiger partial charge in [0.2, 0.25) is 0 Å². The molecule has 0 saturated heterocycles. The molecule has 0 radical (unpaired) electrons. The van der Waals surface area contributed by atoms with Crippen LogP contribution in [0.1, 0.15) is 207 Å². The van der Waals surface area contributed by atoms with Crippen molar-refractivity contribution >= 4 is 11.9 Å². The summed E-state index contributed by atoms with van der Waals surface area (Å²) in [5, 5.41) is 0. The quantitative estimate of drug-likeness (QED) is 0.0426. The third-order valence-electron chi connectivity index (χ3n) is 7.98. The van der Waals surface area contributed by atoms with E-state index in [1.807, 2.05) is 6.92 Å². The van der Waals surface area contributed by atoms with Gasteiger partial charge in [-0.15, -0.1) is 0 Å². The van der Waals surface area contributed by atoms with E-state index in [0.717, 1.165) is 32.1 Å². The van der Waals surface area contributed by atoms with Gasteiger partial charge in [-0.1, -0.05) is 148 Å². The number of hydrogen-bond acceptors (Lipinski definition) is 4. The molecule has 0 aliphatic rings. The van der Waals surface area contributed by atoms with Gasteiger partial charge in [-0.05, 0) is 70.6 Å². The first kappa shape index (κ1) is 44.5. The number of carbonyl (C=O) groups is 2. The monoisotopic (exact) mass is 621 g/mol. The normalized spacial score (nSPS) is 11.2. The summed E-state index contributed by atoms with van der Waals surface area (Å²) >= 11 is 0. The van der Waals surface area contributed by atoms with E-state index >= 15 is 0 Å². The Hall–Kier alpha value is -1.58. The van der Waals surface area contributed by atoms with Gasteiger partial charge in [0.15, 0.2) is 0 Å². The van der Waals surface area contributed by atoms with Crippen molar-refractivity contribution in [3.8, 4) is 0 Å². The molecule has 0 aromatic rings. The third-order valence-corrected chi connectivity index (χ3v) is 7.98. The summed E-state index contributed by atoms with van der Waals surface area (Å²) in [5.41, 5.74) is 0. The summed E-state index contributed by atoms with van der Waals surface area (Å²) < 4.78 is 9.68. The van der Waals surface area contributed by atoms with Crippen LogP contribution < -0.4 is 0 Å². The minimum atomic E-state index is -0.0763. The zero-order valence-electron chi connectivity index (χ0n) is 30.2. The number of allylic oxidation sites excluding steroid dienone is 4.